The molecule has 1 aromatic rings. The number of ether oxygens (including phenoxy) is 1. The van der Waals surface area contributed by atoms with E-state index < -0.39 is 90.5 Å². The van der Waals surface area contributed by atoms with E-state index in [9.17, 15) is 43.8 Å². The van der Waals surface area contributed by atoms with Gasteiger partial charge in [-0.25, -0.2) is 4.79 Å². The van der Waals surface area contributed by atoms with E-state index >= 15 is 0 Å². The summed E-state index contributed by atoms with van der Waals surface area (Å²) in [5.74, 6) is -7.08. The lowest BCUT2D eigenvalue weighted by atomic mass is 10.0. The summed E-state index contributed by atoms with van der Waals surface area (Å²) >= 11 is 0. The van der Waals surface area contributed by atoms with E-state index in [0.717, 1.165) is 18.4 Å². The number of carboxylic acids is 2. The van der Waals surface area contributed by atoms with Gasteiger partial charge in [-0.15, -0.1) is 0 Å². The first-order valence-corrected chi connectivity index (χ1v) is 17.3. The van der Waals surface area contributed by atoms with Crippen LogP contribution in [0.3, 0.4) is 0 Å². The second-order valence-electron chi connectivity index (χ2n) is 13.0. The molecule has 0 bridgehead atoms. The van der Waals surface area contributed by atoms with Crippen LogP contribution in [-0.4, -0.2) is 99.9 Å². The normalized spacial score (nSPS) is 15.8. The van der Waals surface area contributed by atoms with Gasteiger partial charge in [0.25, 0.3) is 0 Å². The van der Waals surface area contributed by atoms with Gasteiger partial charge >= 0.3 is 11.9 Å². The van der Waals surface area contributed by atoms with Crippen LogP contribution in [0.25, 0.3) is 0 Å². The van der Waals surface area contributed by atoms with Gasteiger partial charge in [0, 0.05) is 19.0 Å². The minimum atomic E-state index is -1.73. The summed E-state index contributed by atoms with van der Waals surface area (Å²) in [6.45, 7) is 9.79. The molecule has 50 heavy (non-hydrogen) atoms. The average molecular weight is 704 g/mol. The van der Waals surface area contributed by atoms with E-state index in [-0.39, 0.29) is 18.9 Å². The first-order chi connectivity index (χ1) is 23.7. The Morgan fingerprint density at radius 3 is 1.80 bits per heavy atom. The number of carboxylic acid groups (broad SMARTS) is 2. The predicted octanol–water partition coefficient (Wildman–Crippen LogP) is 1.59. The van der Waals surface area contributed by atoms with Crippen molar-refractivity contribution in [2.24, 2.45) is 11.8 Å². The smallest absolute Gasteiger partial charge is 0.326 e. The molecule has 5 atom stereocenters. The zero-order valence-electron chi connectivity index (χ0n) is 29.6. The number of nitrogens with one attached hydrogen (secondary N) is 4. The first-order valence-electron chi connectivity index (χ1n) is 17.3. The molecular weight excluding hydrogens is 650 g/mol. The summed E-state index contributed by atoms with van der Waals surface area (Å²) in [5, 5.41) is 29.0. The molecule has 0 aliphatic carbocycles. The van der Waals surface area contributed by atoms with Crippen molar-refractivity contribution >= 4 is 41.5 Å². The Labute approximate surface area is 293 Å². The quantitative estimate of drug-likeness (QED) is 0.109. The minimum Gasteiger partial charge on any atom is -0.481 e. The van der Waals surface area contributed by atoms with Crippen molar-refractivity contribution in [1.82, 2.24) is 26.2 Å². The standard InChI is InChI=1S/C35H53N5O10/c1-6-24(7-2)31(44)39-30(22(5)50-20-23-13-9-8-10-14-23)34(47)37-25(18-28(41)40-15-11-12-16-40)32(45)36-26(19-29(42)43)33(46)38-27(35(48)49)17-21(3)4/h8-10,13-14,21-22,24-27,30H,6-7,11-12,15-20H2,1-5H3,(H,36,45)(H,37,47)(H,38,46)(H,39,44)(H,42,43)(H,48,49)/t22-,25+,26+,27+,30+/m1/s1. The molecule has 1 aliphatic rings. The van der Waals surface area contributed by atoms with Gasteiger partial charge in [0.15, 0.2) is 0 Å². The summed E-state index contributed by atoms with van der Waals surface area (Å²) in [5.41, 5.74) is 0.819. The van der Waals surface area contributed by atoms with Crippen LogP contribution in [0.1, 0.15) is 85.1 Å². The highest BCUT2D eigenvalue weighted by Crippen LogP contribution is 2.14. The molecular formula is C35H53N5O10. The van der Waals surface area contributed by atoms with Gasteiger partial charge in [0.2, 0.25) is 29.5 Å². The molecule has 2 rings (SSSR count). The van der Waals surface area contributed by atoms with Crippen molar-refractivity contribution in [2.45, 2.75) is 116 Å². The third kappa shape index (κ3) is 13.8. The molecule has 5 amide bonds. The summed E-state index contributed by atoms with van der Waals surface area (Å²) in [6, 6.07) is 3.21. The Bertz CT molecular complexity index is 1310. The van der Waals surface area contributed by atoms with Gasteiger partial charge in [-0.05, 0) is 50.5 Å². The van der Waals surface area contributed by atoms with Crippen LogP contribution in [0.5, 0.6) is 0 Å². The maximum absolute atomic E-state index is 13.9. The van der Waals surface area contributed by atoms with Crippen LogP contribution < -0.4 is 21.3 Å². The zero-order valence-corrected chi connectivity index (χ0v) is 29.6. The Kier molecular flexibility index (Phi) is 17.4. The minimum absolute atomic E-state index is 0.0480. The summed E-state index contributed by atoms with van der Waals surface area (Å²) in [7, 11) is 0. The molecule has 15 nitrogen and oxygen atoms in total. The largest absolute Gasteiger partial charge is 0.481 e. The van der Waals surface area contributed by atoms with E-state index in [0.29, 0.717) is 25.9 Å². The number of likely N-dealkylation sites (tertiary alicyclic amines) is 1. The number of carbonyl (C=O) groups excluding carboxylic acids is 5. The Morgan fingerprint density at radius 2 is 1.28 bits per heavy atom. The number of rotatable bonds is 21. The monoisotopic (exact) mass is 703 g/mol. The molecule has 6 N–H and O–H groups in total. The first kappa shape index (κ1) is 41.6. The SMILES string of the molecule is CCC(CC)C(=O)N[C@H](C(=O)N[C@@H](CC(=O)N1CCCC1)C(=O)N[C@@H](CC(=O)O)C(=O)N[C@@H](CC(C)C)C(=O)O)[C@@H](C)OCc1ccccc1. The molecule has 0 saturated carbocycles. The van der Waals surface area contributed by atoms with Crippen LogP contribution >= 0.6 is 0 Å². The second kappa shape index (κ2) is 20.9. The van der Waals surface area contributed by atoms with Gasteiger partial charge in [-0.2, -0.15) is 0 Å². The molecule has 1 fully saturated rings. The van der Waals surface area contributed by atoms with Crippen LogP contribution in [0.2, 0.25) is 0 Å². The van der Waals surface area contributed by atoms with E-state index in [1.807, 2.05) is 44.2 Å². The van der Waals surface area contributed by atoms with E-state index in [1.165, 1.54) is 4.90 Å². The van der Waals surface area contributed by atoms with Crippen LogP contribution in [0.15, 0.2) is 30.3 Å². The topological polar surface area (TPSA) is 221 Å². The number of aliphatic carboxylic acids is 2. The molecule has 0 unspecified atom stereocenters. The third-order valence-electron chi connectivity index (χ3n) is 8.57. The van der Waals surface area contributed by atoms with Crippen molar-refractivity contribution in [1.29, 1.82) is 0 Å². The Balaban J connectivity index is 2.38. The molecule has 0 radical (unpaired) electrons. The van der Waals surface area contributed by atoms with Gasteiger partial charge in [-0.1, -0.05) is 58.0 Å². The van der Waals surface area contributed by atoms with Crippen LogP contribution in [0, 0.1) is 11.8 Å². The number of carbonyl (C=O) groups is 7. The zero-order chi connectivity index (χ0) is 37.4. The highest BCUT2D eigenvalue weighted by molar-refractivity contribution is 5.98. The second-order valence-corrected chi connectivity index (χ2v) is 13.0. The van der Waals surface area contributed by atoms with E-state index in [4.69, 9.17) is 4.74 Å². The Morgan fingerprint density at radius 1 is 0.740 bits per heavy atom. The third-order valence-corrected chi connectivity index (χ3v) is 8.57. The number of hydrogen-bond donors (Lipinski definition) is 6. The van der Waals surface area contributed by atoms with Crippen molar-refractivity contribution < 1.29 is 48.5 Å². The highest BCUT2D eigenvalue weighted by atomic mass is 16.5. The van der Waals surface area contributed by atoms with Crippen molar-refractivity contribution in [2.75, 3.05) is 13.1 Å². The molecule has 1 heterocycles. The fourth-order valence-corrected chi connectivity index (χ4v) is 5.59. The van der Waals surface area contributed by atoms with Gasteiger partial charge in [-0.3, -0.25) is 28.8 Å². The number of hydrogen-bond acceptors (Lipinski definition) is 8. The lowest BCUT2D eigenvalue weighted by molar-refractivity contribution is -0.144. The predicted molar refractivity (Wildman–Crippen MR) is 182 cm³/mol. The van der Waals surface area contributed by atoms with E-state index in [2.05, 4.69) is 21.3 Å². The van der Waals surface area contributed by atoms with E-state index in [1.54, 1.807) is 20.8 Å². The molecule has 0 aromatic heterocycles. The molecule has 278 valence electrons. The molecule has 15 heteroatoms. The maximum Gasteiger partial charge on any atom is 0.326 e. The van der Waals surface area contributed by atoms with Gasteiger partial charge < -0.3 is 41.1 Å². The summed E-state index contributed by atoms with van der Waals surface area (Å²) in [4.78, 5) is 92.2. The van der Waals surface area contributed by atoms with Crippen molar-refractivity contribution in [3.63, 3.8) is 0 Å². The van der Waals surface area contributed by atoms with Crippen LogP contribution in [-0.2, 0) is 44.9 Å². The molecule has 1 aliphatic heterocycles. The summed E-state index contributed by atoms with van der Waals surface area (Å²) in [6.07, 6.45) is 0.282. The number of benzene rings is 1. The van der Waals surface area contributed by atoms with Gasteiger partial charge in [0.1, 0.15) is 24.2 Å². The van der Waals surface area contributed by atoms with Crippen molar-refractivity contribution in [3.05, 3.63) is 35.9 Å². The Hall–Kier alpha value is -4.53. The maximum atomic E-state index is 13.9. The molecule has 0 spiro atoms. The fourth-order valence-electron chi connectivity index (χ4n) is 5.59. The number of nitrogens with zero attached hydrogens (tertiary/aromatic N) is 1. The van der Waals surface area contributed by atoms with Crippen LogP contribution in [0.4, 0.5) is 0 Å². The highest BCUT2D eigenvalue weighted by Gasteiger charge is 2.36. The number of amides is 5. The lowest BCUT2D eigenvalue weighted by Gasteiger charge is -2.29. The van der Waals surface area contributed by atoms with Crippen molar-refractivity contribution in [3.8, 4) is 0 Å². The van der Waals surface area contributed by atoms with Gasteiger partial charge in [0.05, 0.1) is 25.6 Å². The summed E-state index contributed by atoms with van der Waals surface area (Å²) < 4.78 is 5.97. The molecule has 1 aromatic carbocycles. The fraction of sp³-hybridized carbons (Fsp3) is 0.629. The molecule has 1 saturated heterocycles. The lowest BCUT2D eigenvalue weighted by Crippen LogP contribution is -2.60. The average Bonchev–Trinajstić information content (AvgIpc) is 3.61.